The van der Waals surface area contributed by atoms with E-state index in [1.54, 1.807) is 12.1 Å². The molecule has 0 aromatic heterocycles. The zero-order valence-electron chi connectivity index (χ0n) is 12.2. The lowest BCUT2D eigenvalue weighted by molar-refractivity contribution is -0.112. The third-order valence-electron chi connectivity index (χ3n) is 3.01. The molecular weight excluding hydrogens is 422 g/mol. The molecule has 2 rings (SSSR count). The average molecular weight is 435 g/mol. The summed E-state index contributed by atoms with van der Waals surface area (Å²) in [6.07, 6.45) is 1.40. The van der Waals surface area contributed by atoms with Gasteiger partial charge in [-0.15, -0.1) is 0 Å². The molecule has 0 saturated carbocycles. The largest absolute Gasteiger partial charge is 0.360 e. The minimum atomic E-state index is -0.462. The number of amides is 1. The van der Waals surface area contributed by atoms with Gasteiger partial charge in [-0.25, -0.2) is 0 Å². The second-order valence-corrected chi connectivity index (χ2v) is 6.51. The Labute approximate surface area is 151 Å². The number of anilines is 2. The normalized spacial score (nSPS) is 10.8. The fourth-order valence-corrected chi connectivity index (χ4v) is 2.28. The predicted octanol–water partition coefficient (Wildman–Crippen LogP) is 4.98. The number of hydrogen-bond donors (Lipinski definition) is 2. The Balaban J connectivity index is 2.08. The van der Waals surface area contributed by atoms with E-state index in [1.807, 2.05) is 43.3 Å². The van der Waals surface area contributed by atoms with Gasteiger partial charge in [0.05, 0.1) is 0 Å². The van der Waals surface area contributed by atoms with E-state index in [0.717, 1.165) is 20.2 Å². The summed E-state index contributed by atoms with van der Waals surface area (Å²) in [5.74, 6) is -0.462. The van der Waals surface area contributed by atoms with Crippen molar-refractivity contribution in [1.82, 2.24) is 0 Å². The molecule has 0 aliphatic heterocycles. The van der Waals surface area contributed by atoms with Crippen LogP contribution in [0.3, 0.4) is 0 Å². The van der Waals surface area contributed by atoms with Gasteiger partial charge in [0.1, 0.15) is 11.6 Å². The molecule has 0 fully saturated rings. The fourth-order valence-electron chi connectivity index (χ4n) is 1.77. The first-order valence-corrected chi connectivity index (χ1v) is 8.28. The predicted molar refractivity (Wildman–Crippen MR) is 99.0 cm³/mol. The minimum Gasteiger partial charge on any atom is -0.360 e. The van der Waals surface area contributed by atoms with E-state index < -0.39 is 5.91 Å². The van der Waals surface area contributed by atoms with Gasteiger partial charge in [-0.1, -0.05) is 31.9 Å². The van der Waals surface area contributed by atoms with E-state index in [2.05, 4.69) is 42.5 Å². The van der Waals surface area contributed by atoms with Gasteiger partial charge in [-0.2, -0.15) is 5.26 Å². The molecule has 0 saturated heterocycles. The highest BCUT2D eigenvalue weighted by Gasteiger charge is 2.09. The summed E-state index contributed by atoms with van der Waals surface area (Å²) in [5.41, 5.74) is 2.48. The molecule has 0 heterocycles. The molecule has 0 atom stereocenters. The van der Waals surface area contributed by atoms with Crippen LogP contribution in [0.5, 0.6) is 0 Å². The number of benzene rings is 2. The molecule has 2 aromatic rings. The molecule has 2 N–H and O–H groups in total. The molecule has 0 unspecified atom stereocenters. The van der Waals surface area contributed by atoms with Crippen LogP contribution in [-0.2, 0) is 4.79 Å². The lowest BCUT2D eigenvalue weighted by atomic mass is 10.2. The quantitative estimate of drug-likeness (QED) is 0.526. The van der Waals surface area contributed by atoms with Crippen molar-refractivity contribution in [2.45, 2.75) is 6.92 Å². The monoisotopic (exact) mass is 433 g/mol. The van der Waals surface area contributed by atoms with Crippen LogP contribution in [0.1, 0.15) is 5.56 Å². The van der Waals surface area contributed by atoms with Crippen LogP contribution in [0.15, 0.2) is 63.2 Å². The van der Waals surface area contributed by atoms with E-state index in [0.29, 0.717) is 5.69 Å². The lowest BCUT2D eigenvalue weighted by Crippen LogP contribution is -2.14. The van der Waals surface area contributed by atoms with Gasteiger partial charge in [0, 0.05) is 26.5 Å². The molecule has 0 radical (unpaired) electrons. The van der Waals surface area contributed by atoms with Crippen molar-refractivity contribution in [3.8, 4) is 6.07 Å². The number of aryl methyl sites for hydroxylation is 1. The summed E-state index contributed by atoms with van der Waals surface area (Å²) in [5, 5.41) is 14.8. The molecule has 0 bridgehead atoms. The smallest absolute Gasteiger partial charge is 0.267 e. The maximum atomic E-state index is 12.1. The van der Waals surface area contributed by atoms with Crippen LogP contribution in [0.25, 0.3) is 0 Å². The van der Waals surface area contributed by atoms with Crippen LogP contribution in [0.2, 0.25) is 0 Å². The van der Waals surface area contributed by atoms with Crippen molar-refractivity contribution >= 4 is 49.1 Å². The minimum absolute atomic E-state index is 0.00603. The van der Waals surface area contributed by atoms with Gasteiger partial charge in [0.2, 0.25) is 0 Å². The Bertz CT molecular complexity index is 792. The zero-order chi connectivity index (χ0) is 16.8. The third kappa shape index (κ3) is 4.95. The topological polar surface area (TPSA) is 64.9 Å². The molecule has 4 nitrogen and oxygen atoms in total. The Morgan fingerprint density at radius 2 is 1.78 bits per heavy atom. The van der Waals surface area contributed by atoms with Crippen molar-refractivity contribution in [2.75, 3.05) is 10.6 Å². The number of nitriles is 1. The summed E-state index contributed by atoms with van der Waals surface area (Å²) < 4.78 is 1.92. The maximum Gasteiger partial charge on any atom is 0.267 e. The SMILES string of the molecule is Cc1cc(N/C=C(/C#N)C(=O)Nc2ccc(Br)cc2)ccc1Br. The van der Waals surface area contributed by atoms with Gasteiger partial charge in [0.25, 0.3) is 5.91 Å². The van der Waals surface area contributed by atoms with Crippen LogP contribution in [0, 0.1) is 18.3 Å². The second-order valence-electron chi connectivity index (χ2n) is 4.74. The van der Waals surface area contributed by atoms with Crippen LogP contribution in [0.4, 0.5) is 11.4 Å². The van der Waals surface area contributed by atoms with E-state index in [1.165, 1.54) is 6.20 Å². The summed E-state index contributed by atoms with van der Waals surface area (Å²) in [4.78, 5) is 12.1. The van der Waals surface area contributed by atoms with E-state index in [4.69, 9.17) is 5.26 Å². The highest BCUT2D eigenvalue weighted by atomic mass is 79.9. The van der Waals surface area contributed by atoms with Gasteiger partial charge < -0.3 is 10.6 Å². The molecule has 2 aromatic carbocycles. The fraction of sp³-hybridized carbons (Fsp3) is 0.0588. The van der Waals surface area contributed by atoms with E-state index in [-0.39, 0.29) is 5.57 Å². The first kappa shape index (κ1) is 17.3. The lowest BCUT2D eigenvalue weighted by Gasteiger charge is -2.06. The number of nitrogens with one attached hydrogen (secondary N) is 2. The zero-order valence-corrected chi connectivity index (χ0v) is 15.4. The summed E-state index contributed by atoms with van der Waals surface area (Å²) in [6.45, 7) is 1.96. The Morgan fingerprint density at radius 3 is 2.39 bits per heavy atom. The van der Waals surface area contributed by atoms with E-state index in [9.17, 15) is 4.79 Å². The van der Waals surface area contributed by atoms with Crippen LogP contribution >= 0.6 is 31.9 Å². The Morgan fingerprint density at radius 1 is 1.13 bits per heavy atom. The second kappa shape index (κ2) is 7.95. The number of nitrogens with zero attached hydrogens (tertiary/aromatic N) is 1. The first-order valence-electron chi connectivity index (χ1n) is 6.69. The number of carbonyl (C=O) groups is 1. The van der Waals surface area contributed by atoms with Crippen molar-refractivity contribution in [3.05, 3.63) is 68.7 Å². The molecule has 116 valence electrons. The molecule has 0 aliphatic carbocycles. The molecule has 0 aliphatic rings. The Hall–Kier alpha value is -2.10. The highest BCUT2D eigenvalue weighted by molar-refractivity contribution is 9.10. The third-order valence-corrected chi connectivity index (χ3v) is 4.43. The Kier molecular flexibility index (Phi) is 5.97. The summed E-state index contributed by atoms with van der Waals surface area (Å²) in [7, 11) is 0. The van der Waals surface area contributed by atoms with Gasteiger partial charge >= 0.3 is 0 Å². The van der Waals surface area contributed by atoms with E-state index >= 15 is 0 Å². The van der Waals surface area contributed by atoms with Gasteiger partial charge in [-0.05, 0) is 55.0 Å². The van der Waals surface area contributed by atoms with Gasteiger partial charge in [0.15, 0.2) is 0 Å². The maximum absolute atomic E-state index is 12.1. The van der Waals surface area contributed by atoms with Crippen molar-refractivity contribution < 1.29 is 4.79 Å². The van der Waals surface area contributed by atoms with Gasteiger partial charge in [-0.3, -0.25) is 4.79 Å². The molecule has 23 heavy (non-hydrogen) atoms. The molecular formula is C17H13Br2N3O. The average Bonchev–Trinajstić information content (AvgIpc) is 2.53. The number of carbonyl (C=O) groups excluding carboxylic acids is 1. The molecule has 6 heteroatoms. The summed E-state index contributed by atoms with van der Waals surface area (Å²) >= 11 is 6.75. The number of hydrogen-bond acceptors (Lipinski definition) is 3. The molecule has 0 spiro atoms. The molecule has 1 amide bonds. The van der Waals surface area contributed by atoms with Crippen molar-refractivity contribution in [1.29, 1.82) is 5.26 Å². The first-order chi connectivity index (χ1) is 11.0. The highest BCUT2D eigenvalue weighted by Crippen LogP contribution is 2.20. The van der Waals surface area contributed by atoms with Crippen molar-refractivity contribution in [2.24, 2.45) is 0 Å². The van der Waals surface area contributed by atoms with Crippen LogP contribution in [-0.4, -0.2) is 5.91 Å². The number of halogens is 2. The van der Waals surface area contributed by atoms with Crippen molar-refractivity contribution in [3.63, 3.8) is 0 Å². The van der Waals surface area contributed by atoms with Crippen LogP contribution < -0.4 is 10.6 Å². The standard InChI is InChI=1S/C17H13Br2N3O/c1-11-8-15(6-7-16(11)19)21-10-12(9-20)17(23)22-14-4-2-13(18)3-5-14/h2-8,10,21H,1H3,(H,22,23)/b12-10-. The summed E-state index contributed by atoms with van der Waals surface area (Å²) in [6, 6.07) is 14.7. The number of rotatable bonds is 4.